The first-order valence-corrected chi connectivity index (χ1v) is 7.97. The van der Waals surface area contributed by atoms with E-state index < -0.39 is 0 Å². The number of hydrazone groups is 1. The molecule has 1 aromatic carbocycles. The molecule has 0 saturated carbocycles. The van der Waals surface area contributed by atoms with Crippen molar-refractivity contribution in [2.45, 2.75) is 6.92 Å². The van der Waals surface area contributed by atoms with Crippen LogP contribution in [0.2, 0.25) is 0 Å². The standard InChI is InChI=1S/C18H17N3O3/c1-2-23-15-7-3-6-14-16-13(11-24-17(14)15)10-21(20-16)18(22)12-5-4-8-19-9-12/h3-9,13H,2,10-11H2,1H3. The highest BCUT2D eigenvalue weighted by Gasteiger charge is 2.37. The van der Waals surface area contributed by atoms with Gasteiger partial charge in [-0.05, 0) is 31.2 Å². The maximum Gasteiger partial charge on any atom is 0.275 e. The van der Waals surface area contributed by atoms with Gasteiger partial charge >= 0.3 is 0 Å². The SMILES string of the molecule is CCOc1cccc2c1OCC1CN(C(=O)c3cccnc3)N=C21. The number of hydrogen-bond acceptors (Lipinski definition) is 5. The van der Waals surface area contributed by atoms with Crippen molar-refractivity contribution in [1.29, 1.82) is 0 Å². The minimum absolute atomic E-state index is 0.0787. The second-order valence-electron chi connectivity index (χ2n) is 5.69. The van der Waals surface area contributed by atoms with Gasteiger partial charge in [0, 0.05) is 18.0 Å². The van der Waals surface area contributed by atoms with Crippen LogP contribution in [0.15, 0.2) is 47.8 Å². The second-order valence-corrected chi connectivity index (χ2v) is 5.69. The number of para-hydroxylation sites is 1. The summed E-state index contributed by atoms with van der Waals surface area (Å²) in [4.78, 5) is 16.6. The number of carbonyl (C=O) groups excluding carboxylic acids is 1. The van der Waals surface area contributed by atoms with Gasteiger partial charge in [-0.15, -0.1) is 0 Å². The zero-order valence-electron chi connectivity index (χ0n) is 13.3. The molecule has 4 rings (SSSR count). The van der Waals surface area contributed by atoms with Crippen molar-refractivity contribution >= 4 is 11.6 Å². The van der Waals surface area contributed by atoms with Gasteiger partial charge in [-0.1, -0.05) is 6.07 Å². The predicted molar refractivity (Wildman–Crippen MR) is 88.4 cm³/mol. The number of carbonyl (C=O) groups is 1. The van der Waals surface area contributed by atoms with Gasteiger partial charge in [0.15, 0.2) is 11.5 Å². The summed E-state index contributed by atoms with van der Waals surface area (Å²) in [6.07, 6.45) is 3.20. The molecule has 3 heterocycles. The van der Waals surface area contributed by atoms with Crippen LogP contribution >= 0.6 is 0 Å². The number of rotatable bonds is 3. The summed E-state index contributed by atoms with van der Waals surface area (Å²) in [6, 6.07) is 9.26. The lowest BCUT2D eigenvalue weighted by Gasteiger charge is -2.24. The number of pyridine rings is 1. The van der Waals surface area contributed by atoms with Crippen molar-refractivity contribution < 1.29 is 14.3 Å². The molecule has 0 bridgehead atoms. The van der Waals surface area contributed by atoms with Gasteiger partial charge in [-0.25, -0.2) is 5.01 Å². The lowest BCUT2D eigenvalue weighted by atomic mass is 9.95. The van der Waals surface area contributed by atoms with Crippen molar-refractivity contribution in [3.8, 4) is 11.5 Å². The van der Waals surface area contributed by atoms with Crippen molar-refractivity contribution in [3.63, 3.8) is 0 Å². The van der Waals surface area contributed by atoms with E-state index in [1.807, 2.05) is 25.1 Å². The zero-order valence-corrected chi connectivity index (χ0v) is 13.3. The van der Waals surface area contributed by atoms with Gasteiger partial charge in [0.25, 0.3) is 5.91 Å². The number of aromatic nitrogens is 1. The van der Waals surface area contributed by atoms with Crippen LogP contribution in [0.1, 0.15) is 22.8 Å². The molecule has 0 saturated heterocycles. The molecular weight excluding hydrogens is 306 g/mol. The zero-order chi connectivity index (χ0) is 16.5. The maximum atomic E-state index is 12.6. The average Bonchev–Trinajstić information content (AvgIpc) is 3.07. The number of amides is 1. The number of nitrogens with zero attached hydrogens (tertiary/aromatic N) is 3. The largest absolute Gasteiger partial charge is 0.490 e. The van der Waals surface area contributed by atoms with Crippen LogP contribution in [-0.4, -0.2) is 41.4 Å². The molecule has 6 heteroatoms. The van der Waals surface area contributed by atoms with E-state index in [-0.39, 0.29) is 11.8 Å². The fourth-order valence-electron chi connectivity index (χ4n) is 3.04. The highest BCUT2D eigenvalue weighted by Crippen LogP contribution is 2.38. The summed E-state index contributed by atoms with van der Waals surface area (Å²) < 4.78 is 11.5. The molecule has 1 atom stereocenters. The fraction of sp³-hybridized carbons (Fsp3) is 0.278. The molecule has 122 valence electrons. The minimum Gasteiger partial charge on any atom is -0.490 e. The number of benzene rings is 1. The molecule has 0 N–H and O–H groups in total. The Kier molecular flexibility index (Phi) is 3.65. The molecule has 2 aromatic rings. The van der Waals surface area contributed by atoms with Crippen molar-refractivity contribution in [2.75, 3.05) is 19.8 Å². The molecule has 2 aliphatic heterocycles. The van der Waals surface area contributed by atoms with Crippen LogP contribution in [0.3, 0.4) is 0 Å². The topological polar surface area (TPSA) is 64.0 Å². The van der Waals surface area contributed by atoms with Gasteiger partial charge in [-0.3, -0.25) is 9.78 Å². The van der Waals surface area contributed by atoms with Crippen LogP contribution in [0.5, 0.6) is 11.5 Å². The number of ether oxygens (including phenoxy) is 2. The summed E-state index contributed by atoms with van der Waals surface area (Å²) in [7, 11) is 0. The molecule has 1 amide bonds. The van der Waals surface area contributed by atoms with E-state index >= 15 is 0 Å². The van der Waals surface area contributed by atoms with Gasteiger partial charge in [0.05, 0.1) is 37.0 Å². The van der Waals surface area contributed by atoms with E-state index in [1.54, 1.807) is 24.5 Å². The lowest BCUT2D eigenvalue weighted by Crippen LogP contribution is -2.31. The van der Waals surface area contributed by atoms with Gasteiger partial charge in [-0.2, -0.15) is 5.10 Å². The molecule has 6 nitrogen and oxygen atoms in total. The Morgan fingerprint density at radius 1 is 1.38 bits per heavy atom. The molecule has 0 fully saturated rings. The Bertz CT molecular complexity index is 804. The van der Waals surface area contributed by atoms with E-state index in [0.29, 0.717) is 36.8 Å². The number of hydrogen-bond donors (Lipinski definition) is 0. The molecule has 0 radical (unpaired) electrons. The molecule has 1 aromatic heterocycles. The minimum atomic E-state index is -0.146. The Morgan fingerprint density at radius 3 is 3.08 bits per heavy atom. The third-order valence-corrected chi connectivity index (χ3v) is 4.13. The monoisotopic (exact) mass is 323 g/mol. The van der Waals surface area contributed by atoms with E-state index in [9.17, 15) is 4.79 Å². The first kappa shape index (κ1) is 14.7. The van der Waals surface area contributed by atoms with Crippen LogP contribution < -0.4 is 9.47 Å². The molecular formula is C18H17N3O3. The molecule has 0 spiro atoms. The highest BCUT2D eigenvalue weighted by atomic mass is 16.5. The third-order valence-electron chi connectivity index (χ3n) is 4.13. The van der Waals surface area contributed by atoms with E-state index in [2.05, 4.69) is 10.1 Å². The van der Waals surface area contributed by atoms with Gasteiger partial charge in [0.2, 0.25) is 0 Å². The summed E-state index contributed by atoms with van der Waals surface area (Å²) in [5, 5.41) is 6.07. The maximum absolute atomic E-state index is 12.6. The molecule has 24 heavy (non-hydrogen) atoms. The summed E-state index contributed by atoms with van der Waals surface area (Å²) >= 11 is 0. The summed E-state index contributed by atoms with van der Waals surface area (Å²) in [5.41, 5.74) is 2.32. The Morgan fingerprint density at radius 2 is 2.29 bits per heavy atom. The first-order valence-electron chi connectivity index (χ1n) is 7.97. The third kappa shape index (κ3) is 2.40. The highest BCUT2D eigenvalue weighted by molar-refractivity contribution is 6.08. The molecule has 2 aliphatic rings. The normalized spacial score (nSPS) is 18.3. The van der Waals surface area contributed by atoms with Crippen LogP contribution in [-0.2, 0) is 0 Å². The Labute approximate surface area is 139 Å². The van der Waals surface area contributed by atoms with Crippen LogP contribution in [0.4, 0.5) is 0 Å². The number of fused-ring (bicyclic) bond motifs is 3. The Balaban J connectivity index is 1.67. The van der Waals surface area contributed by atoms with E-state index in [0.717, 1.165) is 11.3 Å². The van der Waals surface area contributed by atoms with Crippen LogP contribution in [0, 0.1) is 5.92 Å². The fourth-order valence-corrected chi connectivity index (χ4v) is 3.04. The van der Waals surface area contributed by atoms with Crippen molar-refractivity contribution in [3.05, 3.63) is 53.9 Å². The first-order chi connectivity index (χ1) is 11.8. The van der Waals surface area contributed by atoms with E-state index in [1.165, 1.54) is 5.01 Å². The van der Waals surface area contributed by atoms with Crippen LogP contribution in [0.25, 0.3) is 0 Å². The molecule has 1 unspecified atom stereocenters. The van der Waals surface area contributed by atoms with Crippen molar-refractivity contribution in [1.82, 2.24) is 9.99 Å². The lowest BCUT2D eigenvalue weighted by molar-refractivity contribution is 0.0760. The Hall–Kier alpha value is -2.89. The van der Waals surface area contributed by atoms with Gasteiger partial charge in [0.1, 0.15) is 0 Å². The van der Waals surface area contributed by atoms with Crippen molar-refractivity contribution in [2.24, 2.45) is 11.0 Å². The smallest absolute Gasteiger partial charge is 0.275 e. The quantitative estimate of drug-likeness (QED) is 0.870. The summed E-state index contributed by atoms with van der Waals surface area (Å²) in [5.74, 6) is 1.36. The molecule has 0 aliphatic carbocycles. The van der Waals surface area contributed by atoms with Gasteiger partial charge < -0.3 is 9.47 Å². The second kappa shape index (κ2) is 5.96. The average molecular weight is 323 g/mol. The summed E-state index contributed by atoms with van der Waals surface area (Å²) in [6.45, 7) is 3.52. The predicted octanol–water partition coefficient (Wildman–Crippen LogP) is 2.35. The van der Waals surface area contributed by atoms with E-state index in [4.69, 9.17) is 9.47 Å².